The zero-order chi connectivity index (χ0) is 12.4. The number of nitrogens with one attached hydrogen (secondary N) is 1. The van der Waals surface area contributed by atoms with Gasteiger partial charge in [-0.3, -0.25) is 9.36 Å². The number of hydrogen-bond donors (Lipinski definition) is 1. The minimum Gasteiger partial charge on any atom is -0.378 e. The first kappa shape index (κ1) is 11.7. The number of rotatable bonds is 4. The second-order valence-corrected chi connectivity index (χ2v) is 4.22. The molecule has 17 heavy (non-hydrogen) atoms. The van der Waals surface area contributed by atoms with E-state index in [9.17, 15) is 0 Å². The molecule has 2 heterocycles. The Hall–Kier alpha value is -1.78. The minimum atomic E-state index is 0.788. The van der Waals surface area contributed by atoms with Crippen LogP contribution < -0.4 is 5.32 Å². The van der Waals surface area contributed by atoms with Gasteiger partial charge in [-0.05, 0) is 20.8 Å². The summed E-state index contributed by atoms with van der Waals surface area (Å²) in [6, 6.07) is 0. The number of anilines is 1. The van der Waals surface area contributed by atoms with Gasteiger partial charge in [0.2, 0.25) is 0 Å². The molecule has 0 aliphatic heterocycles. The fourth-order valence-corrected chi connectivity index (χ4v) is 1.76. The Balaban J connectivity index is 2.07. The maximum absolute atomic E-state index is 4.40. The summed E-state index contributed by atoms with van der Waals surface area (Å²) in [7, 11) is 1.96. The number of nitrogens with zero attached hydrogens (tertiary/aromatic N) is 4. The van der Waals surface area contributed by atoms with Crippen molar-refractivity contribution in [2.75, 3.05) is 5.32 Å². The van der Waals surface area contributed by atoms with E-state index >= 15 is 0 Å². The van der Waals surface area contributed by atoms with Crippen LogP contribution in [0.4, 0.5) is 5.69 Å². The van der Waals surface area contributed by atoms with Crippen LogP contribution in [-0.4, -0.2) is 19.6 Å². The Bertz CT molecular complexity index is 509. The molecule has 0 radical (unpaired) electrons. The van der Waals surface area contributed by atoms with Gasteiger partial charge in [0.05, 0.1) is 17.6 Å². The molecule has 0 unspecified atom stereocenters. The lowest BCUT2D eigenvalue weighted by Gasteiger charge is -2.04. The minimum absolute atomic E-state index is 0.788. The fraction of sp³-hybridized carbons (Fsp3) is 0.500. The summed E-state index contributed by atoms with van der Waals surface area (Å²) in [5.74, 6) is 0. The zero-order valence-electron chi connectivity index (χ0n) is 10.9. The van der Waals surface area contributed by atoms with Gasteiger partial charge in [-0.1, -0.05) is 0 Å². The molecule has 0 aliphatic carbocycles. The quantitative estimate of drug-likeness (QED) is 0.877. The van der Waals surface area contributed by atoms with Gasteiger partial charge in [-0.2, -0.15) is 10.2 Å². The third-order valence-corrected chi connectivity index (χ3v) is 3.08. The summed E-state index contributed by atoms with van der Waals surface area (Å²) in [5.41, 5.74) is 4.54. The molecule has 2 rings (SSSR count). The van der Waals surface area contributed by atoms with Crippen molar-refractivity contribution in [3.8, 4) is 0 Å². The van der Waals surface area contributed by atoms with Crippen molar-refractivity contribution in [1.82, 2.24) is 19.6 Å². The highest BCUT2D eigenvalue weighted by molar-refractivity contribution is 5.46. The molecule has 0 atom stereocenters. The van der Waals surface area contributed by atoms with Gasteiger partial charge in [-0.25, -0.2) is 0 Å². The van der Waals surface area contributed by atoms with Crippen molar-refractivity contribution in [2.24, 2.45) is 7.05 Å². The molecule has 0 amide bonds. The van der Waals surface area contributed by atoms with Crippen LogP contribution >= 0.6 is 0 Å². The molecule has 0 fully saturated rings. The molecule has 0 saturated heterocycles. The smallest absolute Gasteiger partial charge is 0.0825 e. The van der Waals surface area contributed by atoms with Crippen molar-refractivity contribution < 1.29 is 0 Å². The molecular formula is C12H19N5. The predicted molar refractivity (Wildman–Crippen MR) is 67.9 cm³/mol. The highest BCUT2D eigenvalue weighted by atomic mass is 15.3. The van der Waals surface area contributed by atoms with Crippen molar-refractivity contribution in [2.45, 2.75) is 33.9 Å². The second kappa shape index (κ2) is 4.61. The van der Waals surface area contributed by atoms with Crippen molar-refractivity contribution in [3.63, 3.8) is 0 Å². The first-order valence-corrected chi connectivity index (χ1v) is 5.87. The number of aryl methyl sites for hydroxylation is 3. The first-order chi connectivity index (χ1) is 8.11. The summed E-state index contributed by atoms with van der Waals surface area (Å²) < 4.78 is 3.83. The molecule has 2 aromatic rings. The second-order valence-electron chi connectivity index (χ2n) is 4.22. The van der Waals surface area contributed by atoms with E-state index in [0.717, 1.165) is 24.5 Å². The van der Waals surface area contributed by atoms with Crippen molar-refractivity contribution in [3.05, 3.63) is 29.3 Å². The number of hydrogen-bond acceptors (Lipinski definition) is 3. The summed E-state index contributed by atoms with van der Waals surface area (Å²) in [5, 5.41) is 12.0. The van der Waals surface area contributed by atoms with Crippen LogP contribution in [0, 0.1) is 13.8 Å². The summed E-state index contributed by atoms with van der Waals surface area (Å²) in [4.78, 5) is 0. The van der Waals surface area contributed by atoms with Gasteiger partial charge in [0, 0.05) is 37.6 Å². The third-order valence-electron chi connectivity index (χ3n) is 3.08. The molecule has 0 bridgehead atoms. The SMILES string of the molecule is CCn1cc(NCc2cnn(C)c2C)c(C)n1. The van der Waals surface area contributed by atoms with Gasteiger partial charge in [0.1, 0.15) is 0 Å². The van der Waals surface area contributed by atoms with E-state index in [-0.39, 0.29) is 0 Å². The van der Waals surface area contributed by atoms with Crippen LogP contribution in [0.25, 0.3) is 0 Å². The van der Waals surface area contributed by atoms with E-state index in [2.05, 4.69) is 29.4 Å². The van der Waals surface area contributed by atoms with Crippen LogP contribution in [0.3, 0.4) is 0 Å². The summed E-state index contributed by atoms with van der Waals surface area (Å²) >= 11 is 0. The molecule has 0 saturated carbocycles. The Morgan fingerprint density at radius 1 is 1.35 bits per heavy atom. The molecule has 0 spiro atoms. The van der Waals surface area contributed by atoms with E-state index in [1.165, 1.54) is 11.3 Å². The maximum Gasteiger partial charge on any atom is 0.0825 e. The van der Waals surface area contributed by atoms with Crippen LogP contribution in [0.1, 0.15) is 23.9 Å². The highest BCUT2D eigenvalue weighted by Crippen LogP contribution is 2.15. The topological polar surface area (TPSA) is 47.7 Å². The van der Waals surface area contributed by atoms with E-state index < -0.39 is 0 Å². The summed E-state index contributed by atoms with van der Waals surface area (Å²) in [6.07, 6.45) is 3.95. The zero-order valence-corrected chi connectivity index (χ0v) is 10.9. The molecule has 2 aromatic heterocycles. The van der Waals surface area contributed by atoms with Crippen LogP contribution in [0.2, 0.25) is 0 Å². The summed E-state index contributed by atoms with van der Waals surface area (Å²) in [6.45, 7) is 7.86. The third kappa shape index (κ3) is 2.33. The largest absolute Gasteiger partial charge is 0.378 e. The Morgan fingerprint density at radius 2 is 2.12 bits per heavy atom. The first-order valence-electron chi connectivity index (χ1n) is 5.87. The van der Waals surface area contributed by atoms with Crippen molar-refractivity contribution >= 4 is 5.69 Å². The highest BCUT2D eigenvalue weighted by Gasteiger charge is 2.06. The average molecular weight is 233 g/mol. The van der Waals surface area contributed by atoms with Crippen LogP contribution in [0.5, 0.6) is 0 Å². The monoisotopic (exact) mass is 233 g/mol. The van der Waals surface area contributed by atoms with Gasteiger partial charge in [-0.15, -0.1) is 0 Å². The predicted octanol–water partition coefficient (Wildman–Crippen LogP) is 1.87. The van der Waals surface area contributed by atoms with Gasteiger partial charge in [0.25, 0.3) is 0 Å². The lowest BCUT2D eigenvalue weighted by Crippen LogP contribution is -2.01. The standard InChI is InChI=1S/C12H19N5/c1-5-17-8-12(9(2)15-17)13-6-11-7-14-16(4)10(11)3/h7-8,13H,5-6H2,1-4H3. The normalized spacial score (nSPS) is 10.8. The van der Waals surface area contributed by atoms with Crippen LogP contribution in [-0.2, 0) is 20.1 Å². The molecule has 5 nitrogen and oxygen atoms in total. The molecular weight excluding hydrogens is 214 g/mol. The Kier molecular flexibility index (Phi) is 3.17. The van der Waals surface area contributed by atoms with Crippen LogP contribution in [0.15, 0.2) is 12.4 Å². The van der Waals surface area contributed by atoms with Gasteiger partial charge < -0.3 is 5.32 Å². The average Bonchev–Trinajstić information content (AvgIpc) is 2.82. The molecule has 5 heteroatoms. The molecule has 0 aromatic carbocycles. The van der Waals surface area contributed by atoms with E-state index in [1.807, 2.05) is 35.7 Å². The lowest BCUT2D eigenvalue weighted by molar-refractivity contribution is 0.653. The number of aromatic nitrogens is 4. The Labute approximate surface area is 101 Å². The van der Waals surface area contributed by atoms with E-state index in [0.29, 0.717) is 0 Å². The molecule has 1 N–H and O–H groups in total. The molecule has 92 valence electrons. The van der Waals surface area contributed by atoms with E-state index in [4.69, 9.17) is 0 Å². The fourth-order valence-electron chi connectivity index (χ4n) is 1.76. The maximum atomic E-state index is 4.40. The van der Waals surface area contributed by atoms with E-state index in [1.54, 1.807) is 0 Å². The molecule has 0 aliphatic rings. The van der Waals surface area contributed by atoms with Gasteiger partial charge in [0.15, 0.2) is 0 Å². The van der Waals surface area contributed by atoms with Crippen molar-refractivity contribution in [1.29, 1.82) is 0 Å². The Morgan fingerprint density at radius 3 is 2.65 bits per heavy atom. The van der Waals surface area contributed by atoms with Gasteiger partial charge >= 0.3 is 0 Å². The lowest BCUT2D eigenvalue weighted by atomic mass is 10.2.